The van der Waals surface area contributed by atoms with Gasteiger partial charge in [-0.05, 0) is 31.9 Å². The van der Waals surface area contributed by atoms with Crippen LogP contribution in [0.2, 0.25) is 0 Å². The second-order valence-electron chi connectivity index (χ2n) is 1.65. The van der Waals surface area contributed by atoms with Gasteiger partial charge >= 0.3 is 0 Å². The first kappa shape index (κ1) is 7.37. The van der Waals surface area contributed by atoms with Gasteiger partial charge in [0.15, 0.2) is 4.51 Å². The Morgan fingerprint density at radius 3 is 2.11 bits per heavy atom. The van der Waals surface area contributed by atoms with E-state index in [0.29, 0.717) is 6.61 Å². The van der Waals surface area contributed by atoms with Gasteiger partial charge in [-0.25, -0.2) is 0 Å². The van der Waals surface area contributed by atoms with Gasteiger partial charge in [-0.1, -0.05) is 0 Å². The number of hydrogen-bond donors (Lipinski definition) is 2. The smallest absolute Gasteiger partial charge is 0.288 e. The topological polar surface area (TPSA) is 53.0 Å². The summed E-state index contributed by atoms with van der Waals surface area (Å²) < 4.78 is 4.38. The maximum Gasteiger partial charge on any atom is 0.288 e. The zero-order chi connectivity index (χ0) is 7.07. The predicted octanol–water partition coefficient (Wildman–Crippen LogP) is 1.79. The second-order valence-corrected chi connectivity index (χ2v) is 3.73. The van der Waals surface area contributed by atoms with Crippen LogP contribution >= 0.6 is 31.9 Å². The molecule has 9 heavy (non-hydrogen) atoms. The molecule has 1 unspecified atom stereocenters. The van der Waals surface area contributed by atoms with Crippen molar-refractivity contribution in [3.05, 3.63) is 10.4 Å². The maximum atomic E-state index is 8.47. The van der Waals surface area contributed by atoms with Gasteiger partial charge in [0.2, 0.25) is 0 Å². The number of epoxide rings is 1. The van der Waals surface area contributed by atoms with Crippen LogP contribution < -0.4 is 0 Å². The van der Waals surface area contributed by atoms with Crippen LogP contribution in [0.1, 0.15) is 0 Å². The first-order valence-corrected chi connectivity index (χ1v) is 3.76. The number of rotatable bonds is 1. The van der Waals surface area contributed by atoms with E-state index >= 15 is 0 Å². The van der Waals surface area contributed by atoms with Gasteiger partial charge < -0.3 is 14.9 Å². The Morgan fingerprint density at radius 1 is 1.56 bits per heavy atom. The SMILES string of the molecule is OC(O)=C(Br)C1(Br)CO1. The summed E-state index contributed by atoms with van der Waals surface area (Å²) in [6.45, 7) is 0.457. The minimum absolute atomic E-state index is 0.231. The lowest BCUT2D eigenvalue weighted by Gasteiger charge is -1.98. The first-order valence-electron chi connectivity index (χ1n) is 2.17. The molecule has 0 aromatic carbocycles. The molecule has 0 saturated carbocycles. The Labute approximate surface area is 68.6 Å². The van der Waals surface area contributed by atoms with Gasteiger partial charge in [-0.2, -0.15) is 0 Å². The van der Waals surface area contributed by atoms with E-state index in [9.17, 15) is 0 Å². The molecule has 1 aliphatic heterocycles. The highest BCUT2D eigenvalue weighted by atomic mass is 79.9. The molecule has 0 aromatic heterocycles. The molecule has 3 nitrogen and oxygen atoms in total. The Hall–Kier alpha value is 0.260. The van der Waals surface area contributed by atoms with E-state index in [-0.39, 0.29) is 4.48 Å². The molecule has 1 fully saturated rings. The van der Waals surface area contributed by atoms with Crippen molar-refractivity contribution in [3.63, 3.8) is 0 Å². The normalized spacial score (nSPS) is 31.8. The summed E-state index contributed by atoms with van der Waals surface area (Å²) in [6, 6.07) is 0. The lowest BCUT2D eigenvalue weighted by Crippen LogP contribution is -2.01. The van der Waals surface area contributed by atoms with Gasteiger partial charge in [0.25, 0.3) is 5.95 Å². The van der Waals surface area contributed by atoms with E-state index in [1.807, 2.05) is 0 Å². The van der Waals surface area contributed by atoms with Gasteiger partial charge in [-0.15, -0.1) is 0 Å². The molecule has 0 bridgehead atoms. The molecule has 0 spiro atoms. The quantitative estimate of drug-likeness (QED) is 0.429. The van der Waals surface area contributed by atoms with E-state index in [1.165, 1.54) is 0 Å². The summed E-state index contributed by atoms with van der Waals surface area (Å²) in [5.74, 6) is -0.746. The second kappa shape index (κ2) is 2.14. The summed E-state index contributed by atoms with van der Waals surface area (Å²) in [5.41, 5.74) is 0. The zero-order valence-electron chi connectivity index (χ0n) is 4.27. The summed E-state index contributed by atoms with van der Waals surface area (Å²) in [5, 5.41) is 16.9. The van der Waals surface area contributed by atoms with Crippen LogP contribution in [-0.4, -0.2) is 21.3 Å². The number of halogens is 2. The molecule has 1 saturated heterocycles. The monoisotopic (exact) mass is 258 g/mol. The van der Waals surface area contributed by atoms with Crippen molar-refractivity contribution in [1.29, 1.82) is 0 Å². The summed E-state index contributed by atoms with van der Waals surface area (Å²) in [6.07, 6.45) is 0. The van der Waals surface area contributed by atoms with Gasteiger partial charge in [0, 0.05) is 0 Å². The van der Waals surface area contributed by atoms with Crippen molar-refractivity contribution in [2.75, 3.05) is 6.61 Å². The third-order valence-electron chi connectivity index (χ3n) is 0.922. The van der Waals surface area contributed by atoms with Crippen LogP contribution in [0.25, 0.3) is 0 Å². The Bertz CT molecular complexity index is 157. The molecule has 0 radical (unpaired) electrons. The number of ether oxygens (including phenoxy) is 1. The maximum absolute atomic E-state index is 8.47. The molecule has 5 heteroatoms. The zero-order valence-corrected chi connectivity index (χ0v) is 7.44. The highest BCUT2D eigenvalue weighted by Crippen LogP contribution is 2.44. The molecule has 52 valence electrons. The van der Waals surface area contributed by atoms with E-state index in [1.54, 1.807) is 0 Å². The molecular formula is C4H4Br2O3. The summed E-state index contributed by atoms with van der Waals surface area (Å²) >= 11 is 6.04. The van der Waals surface area contributed by atoms with Gasteiger partial charge in [0.1, 0.15) is 4.48 Å². The summed E-state index contributed by atoms with van der Waals surface area (Å²) in [7, 11) is 0. The average Bonchev–Trinajstić information content (AvgIpc) is 2.47. The van der Waals surface area contributed by atoms with Crippen molar-refractivity contribution >= 4 is 31.9 Å². The third-order valence-corrected chi connectivity index (χ3v) is 3.30. The van der Waals surface area contributed by atoms with E-state index in [2.05, 4.69) is 31.9 Å². The molecular weight excluding hydrogens is 256 g/mol. The highest BCUT2D eigenvalue weighted by Gasteiger charge is 2.47. The Balaban J connectivity index is 2.73. The number of aliphatic hydroxyl groups is 2. The molecule has 1 aliphatic rings. The fourth-order valence-electron chi connectivity index (χ4n) is 0.357. The Morgan fingerprint density at radius 2 is 2.00 bits per heavy atom. The minimum atomic E-state index is -0.746. The van der Waals surface area contributed by atoms with Crippen molar-refractivity contribution in [3.8, 4) is 0 Å². The lowest BCUT2D eigenvalue weighted by molar-refractivity contribution is 0.185. The standard InChI is InChI=1S/C4H4Br2O3/c5-2(3(7)8)4(6)1-9-4/h7-8H,1H2. The van der Waals surface area contributed by atoms with Crippen LogP contribution in [-0.2, 0) is 4.74 Å². The van der Waals surface area contributed by atoms with Gasteiger partial charge in [0.05, 0.1) is 6.61 Å². The van der Waals surface area contributed by atoms with Crippen LogP contribution in [0.5, 0.6) is 0 Å². The molecule has 1 heterocycles. The fourth-order valence-corrected chi connectivity index (χ4v) is 0.878. The molecule has 2 N–H and O–H groups in total. The average molecular weight is 260 g/mol. The van der Waals surface area contributed by atoms with Crippen LogP contribution in [0.4, 0.5) is 0 Å². The number of alkyl halides is 1. The van der Waals surface area contributed by atoms with E-state index in [0.717, 1.165) is 0 Å². The van der Waals surface area contributed by atoms with Crippen LogP contribution in [0.15, 0.2) is 10.4 Å². The van der Waals surface area contributed by atoms with Crippen LogP contribution in [0, 0.1) is 0 Å². The van der Waals surface area contributed by atoms with E-state index < -0.39 is 10.5 Å². The van der Waals surface area contributed by atoms with Crippen LogP contribution in [0.3, 0.4) is 0 Å². The summed E-state index contributed by atoms with van der Waals surface area (Å²) in [4.78, 5) is 0. The molecule has 1 atom stereocenters. The predicted molar refractivity (Wildman–Crippen MR) is 38.8 cm³/mol. The van der Waals surface area contributed by atoms with Crippen molar-refractivity contribution in [1.82, 2.24) is 0 Å². The lowest BCUT2D eigenvalue weighted by atomic mass is 10.4. The van der Waals surface area contributed by atoms with E-state index in [4.69, 9.17) is 14.9 Å². The van der Waals surface area contributed by atoms with Crippen molar-refractivity contribution in [2.45, 2.75) is 4.51 Å². The molecule has 0 aromatic rings. The first-order chi connectivity index (χ1) is 4.06. The van der Waals surface area contributed by atoms with Crippen molar-refractivity contribution < 1.29 is 14.9 Å². The molecule has 1 rings (SSSR count). The largest absolute Gasteiger partial charge is 0.480 e. The van der Waals surface area contributed by atoms with Crippen molar-refractivity contribution in [2.24, 2.45) is 0 Å². The fraction of sp³-hybridized carbons (Fsp3) is 0.500. The highest BCUT2D eigenvalue weighted by molar-refractivity contribution is 9.14. The number of aliphatic hydroxyl groups excluding tert-OH is 1. The third kappa shape index (κ3) is 1.39. The Kier molecular flexibility index (Phi) is 1.75. The molecule has 0 amide bonds. The number of hydrogen-bond acceptors (Lipinski definition) is 3. The molecule has 0 aliphatic carbocycles. The minimum Gasteiger partial charge on any atom is -0.480 e. The van der Waals surface area contributed by atoms with Gasteiger partial charge in [-0.3, -0.25) is 0 Å².